The van der Waals surface area contributed by atoms with Gasteiger partial charge in [0.05, 0.1) is 11.0 Å². The molecule has 0 atom stereocenters. The van der Waals surface area contributed by atoms with Crippen molar-refractivity contribution in [3.8, 4) is 5.75 Å². The summed E-state index contributed by atoms with van der Waals surface area (Å²) in [6.45, 7) is 4.73. The number of carbonyl (C=O) groups is 1. The second-order valence-electron chi connectivity index (χ2n) is 7.44. The van der Waals surface area contributed by atoms with Crippen molar-refractivity contribution in [1.82, 2.24) is 9.47 Å². The zero-order chi connectivity index (χ0) is 21.8. The summed E-state index contributed by atoms with van der Waals surface area (Å²) in [4.78, 5) is 27.7. The second kappa shape index (κ2) is 8.88. The molecule has 0 fully saturated rings. The van der Waals surface area contributed by atoms with Crippen molar-refractivity contribution in [2.24, 2.45) is 0 Å². The van der Waals surface area contributed by atoms with Gasteiger partial charge in [-0.05, 0) is 42.0 Å². The monoisotopic (exact) mass is 412 g/mol. The van der Waals surface area contributed by atoms with Crippen molar-refractivity contribution in [2.75, 3.05) is 13.7 Å². The lowest BCUT2D eigenvalue weighted by molar-refractivity contribution is -0.130. The van der Waals surface area contributed by atoms with Gasteiger partial charge in [0.2, 0.25) is 5.91 Å². The number of fused-ring (bicyclic) bond motifs is 2. The highest BCUT2D eigenvalue weighted by Crippen LogP contribution is 2.20. The Labute approximate surface area is 180 Å². The molecule has 0 unspecified atom stereocenters. The highest BCUT2D eigenvalue weighted by Gasteiger charge is 2.15. The summed E-state index contributed by atoms with van der Waals surface area (Å²) in [6.07, 6.45) is 1.70. The minimum absolute atomic E-state index is 0.0120. The molecule has 0 saturated heterocycles. The Morgan fingerprint density at radius 1 is 0.968 bits per heavy atom. The number of para-hydroxylation sites is 2. The first-order valence-electron chi connectivity index (χ1n) is 10.2. The molecular weight excluding hydrogens is 388 g/mol. The molecule has 0 aliphatic carbocycles. The van der Waals surface area contributed by atoms with Crippen molar-refractivity contribution in [3.63, 3.8) is 0 Å². The predicted molar refractivity (Wildman–Crippen MR) is 124 cm³/mol. The summed E-state index contributed by atoms with van der Waals surface area (Å²) in [5, 5.41) is 1.23. The summed E-state index contributed by atoms with van der Waals surface area (Å²) >= 11 is 0. The van der Waals surface area contributed by atoms with Crippen LogP contribution in [0.15, 0.2) is 90.2 Å². The van der Waals surface area contributed by atoms with Crippen LogP contribution in [0.2, 0.25) is 0 Å². The van der Waals surface area contributed by atoms with Gasteiger partial charge in [-0.3, -0.25) is 9.59 Å². The molecule has 0 aliphatic heterocycles. The standard InChI is InChI=1S/C26H24N2O3/c1-3-16-31-20-14-12-19(13-15-20)17-27(2)25(29)18-28-23-10-6-4-8-21(23)26(30)22-9-5-7-11-24(22)28/h3-15H,1,16-18H2,2H3. The van der Waals surface area contributed by atoms with Crippen LogP contribution in [-0.2, 0) is 17.9 Å². The lowest BCUT2D eigenvalue weighted by Gasteiger charge is -2.21. The fourth-order valence-electron chi connectivity index (χ4n) is 3.71. The quantitative estimate of drug-likeness (QED) is 0.334. The number of amides is 1. The average Bonchev–Trinajstić information content (AvgIpc) is 2.81. The molecule has 4 rings (SSSR count). The summed E-state index contributed by atoms with van der Waals surface area (Å²) < 4.78 is 7.43. The fraction of sp³-hybridized carbons (Fsp3) is 0.154. The second-order valence-corrected chi connectivity index (χ2v) is 7.44. The van der Waals surface area contributed by atoms with Gasteiger partial charge in [0.15, 0.2) is 5.43 Å². The Morgan fingerprint density at radius 3 is 2.13 bits per heavy atom. The van der Waals surface area contributed by atoms with Crippen LogP contribution in [0, 0.1) is 0 Å². The maximum Gasteiger partial charge on any atom is 0.242 e. The topological polar surface area (TPSA) is 51.5 Å². The van der Waals surface area contributed by atoms with Gasteiger partial charge in [0.25, 0.3) is 0 Å². The van der Waals surface area contributed by atoms with Crippen LogP contribution in [0.4, 0.5) is 0 Å². The Morgan fingerprint density at radius 2 is 1.55 bits per heavy atom. The van der Waals surface area contributed by atoms with Crippen molar-refractivity contribution in [2.45, 2.75) is 13.1 Å². The lowest BCUT2D eigenvalue weighted by atomic mass is 10.1. The maximum atomic E-state index is 13.1. The summed E-state index contributed by atoms with van der Waals surface area (Å²) in [6, 6.07) is 22.5. The third-order valence-corrected chi connectivity index (χ3v) is 5.31. The van der Waals surface area contributed by atoms with Crippen LogP contribution in [0.3, 0.4) is 0 Å². The third kappa shape index (κ3) is 4.21. The smallest absolute Gasteiger partial charge is 0.242 e. The first-order valence-corrected chi connectivity index (χ1v) is 10.2. The van der Waals surface area contributed by atoms with Gasteiger partial charge in [-0.1, -0.05) is 49.1 Å². The minimum atomic E-state index is -0.0362. The van der Waals surface area contributed by atoms with Crippen LogP contribution in [0.25, 0.3) is 21.8 Å². The number of carbonyl (C=O) groups excluding carboxylic acids is 1. The molecule has 0 bridgehead atoms. The van der Waals surface area contributed by atoms with E-state index < -0.39 is 0 Å². The molecule has 0 saturated carbocycles. The molecule has 156 valence electrons. The molecule has 1 amide bonds. The predicted octanol–water partition coefficient (Wildman–Crippen LogP) is 4.38. The SMILES string of the molecule is C=CCOc1ccc(CN(C)C(=O)Cn2c3ccccc3c(=O)c3ccccc32)cc1. The van der Waals surface area contributed by atoms with E-state index in [4.69, 9.17) is 4.74 Å². The van der Waals surface area contributed by atoms with E-state index in [1.807, 2.05) is 77.4 Å². The normalized spacial score (nSPS) is 10.9. The molecule has 4 aromatic rings. The van der Waals surface area contributed by atoms with Crippen LogP contribution in [0.1, 0.15) is 5.56 Å². The van der Waals surface area contributed by atoms with Crippen molar-refractivity contribution in [1.29, 1.82) is 0 Å². The molecule has 0 radical (unpaired) electrons. The number of rotatable bonds is 7. The summed E-state index contributed by atoms with van der Waals surface area (Å²) in [5.74, 6) is 0.731. The van der Waals surface area contributed by atoms with E-state index in [1.54, 1.807) is 18.0 Å². The molecule has 1 heterocycles. The van der Waals surface area contributed by atoms with Crippen molar-refractivity contribution < 1.29 is 9.53 Å². The van der Waals surface area contributed by atoms with Crippen molar-refractivity contribution >= 4 is 27.7 Å². The Balaban J connectivity index is 1.60. The zero-order valence-corrected chi connectivity index (χ0v) is 17.5. The Kier molecular flexibility index (Phi) is 5.85. The van der Waals surface area contributed by atoms with E-state index in [2.05, 4.69) is 6.58 Å². The van der Waals surface area contributed by atoms with Crippen LogP contribution in [0.5, 0.6) is 5.75 Å². The van der Waals surface area contributed by atoms with E-state index >= 15 is 0 Å². The molecule has 3 aromatic carbocycles. The molecule has 1 aromatic heterocycles. The average molecular weight is 412 g/mol. The third-order valence-electron chi connectivity index (χ3n) is 5.31. The summed E-state index contributed by atoms with van der Waals surface area (Å²) in [7, 11) is 1.79. The molecular formula is C26H24N2O3. The lowest BCUT2D eigenvalue weighted by Crippen LogP contribution is -2.30. The van der Waals surface area contributed by atoms with Gasteiger partial charge in [0, 0.05) is 24.4 Å². The summed E-state index contributed by atoms with van der Waals surface area (Å²) in [5.41, 5.74) is 2.52. The maximum absolute atomic E-state index is 13.1. The van der Waals surface area contributed by atoms with Gasteiger partial charge in [-0.25, -0.2) is 0 Å². The fourth-order valence-corrected chi connectivity index (χ4v) is 3.71. The van der Waals surface area contributed by atoms with Crippen LogP contribution in [-0.4, -0.2) is 29.0 Å². The van der Waals surface area contributed by atoms with E-state index in [0.29, 0.717) is 23.9 Å². The number of hydrogen-bond donors (Lipinski definition) is 0. The number of pyridine rings is 1. The largest absolute Gasteiger partial charge is 0.490 e. The van der Waals surface area contributed by atoms with Gasteiger partial charge < -0.3 is 14.2 Å². The number of nitrogens with zero attached hydrogens (tertiary/aromatic N) is 2. The van der Waals surface area contributed by atoms with E-state index in [9.17, 15) is 9.59 Å². The van der Waals surface area contributed by atoms with E-state index in [1.165, 1.54) is 0 Å². The van der Waals surface area contributed by atoms with E-state index in [-0.39, 0.29) is 17.9 Å². The molecule has 0 spiro atoms. The Hall–Kier alpha value is -3.86. The zero-order valence-electron chi connectivity index (χ0n) is 17.5. The first kappa shape index (κ1) is 20.4. The highest BCUT2D eigenvalue weighted by molar-refractivity contribution is 5.94. The molecule has 0 N–H and O–H groups in total. The highest BCUT2D eigenvalue weighted by atomic mass is 16.5. The van der Waals surface area contributed by atoms with Gasteiger partial charge in [0.1, 0.15) is 18.9 Å². The van der Waals surface area contributed by atoms with E-state index in [0.717, 1.165) is 22.3 Å². The number of likely N-dealkylation sites (N-methyl/N-ethyl adjacent to an activating group) is 1. The van der Waals surface area contributed by atoms with Crippen LogP contribution < -0.4 is 10.2 Å². The Bertz CT molecular complexity index is 1250. The number of aromatic nitrogens is 1. The molecule has 0 aliphatic rings. The molecule has 5 nitrogen and oxygen atoms in total. The van der Waals surface area contributed by atoms with Crippen LogP contribution >= 0.6 is 0 Å². The number of ether oxygens (including phenoxy) is 1. The molecule has 5 heteroatoms. The van der Waals surface area contributed by atoms with Gasteiger partial charge >= 0.3 is 0 Å². The minimum Gasteiger partial charge on any atom is -0.490 e. The number of hydrogen-bond acceptors (Lipinski definition) is 3. The van der Waals surface area contributed by atoms with Gasteiger partial charge in [-0.15, -0.1) is 0 Å². The van der Waals surface area contributed by atoms with Crippen molar-refractivity contribution in [3.05, 3.63) is 101 Å². The number of benzene rings is 3. The first-order chi connectivity index (χ1) is 15.1. The molecule has 31 heavy (non-hydrogen) atoms. The van der Waals surface area contributed by atoms with Gasteiger partial charge in [-0.2, -0.15) is 0 Å².